The van der Waals surface area contributed by atoms with E-state index in [9.17, 15) is 14.4 Å². The number of aromatic nitrogens is 2. The van der Waals surface area contributed by atoms with Crippen molar-refractivity contribution in [3.63, 3.8) is 0 Å². The van der Waals surface area contributed by atoms with Gasteiger partial charge in [-0.15, -0.1) is 0 Å². The second-order valence-electron chi connectivity index (χ2n) is 6.24. The van der Waals surface area contributed by atoms with Gasteiger partial charge in [-0.05, 0) is 12.8 Å². The number of nitrogens with zero attached hydrogens (tertiary/aromatic N) is 2. The van der Waals surface area contributed by atoms with Crippen LogP contribution in [0.5, 0.6) is 0 Å². The van der Waals surface area contributed by atoms with Crippen molar-refractivity contribution in [2.75, 3.05) is 5.75 Å². The molecule has 1 saturated carbocycles. The summed E-state index contributed by atoms with van der Waals surface area (Å²) in [6, 6.07) is 8.92. The fraction of sp³-hybridized carbons (Fsp3) is 0.333. The number of ether oxygens (including phenoxy) is 1. The molecular formula is C18H17N3O4S. The van der Waals surface area contributed by atoms with Crippen LogP contribution in [0.4, 0.5) is 0 Å². The smallest absolute Gasteiger partial charge is 0.346 e. The first-order valence-electron chi connectivity index (χ1n) is 8.42. The molecule has 4 rings (SSSR count). The van der Waals surface area contributed by atoms with E-state index in [1.807, 2.05) is 6.07 Å². The number of fused-ring (bicyclic) bond motifs is 1. The molecule has 1 aromatic heterocycles. The van der Waals surface area contributed by atoms with Crippen molar-refractivity contribution >= 4 is 23.6 Å². The fourth-order valence-electron chi connectivity index (χ4n) is 2.73. The second-order valence-corrected chi connectivity index (χ2v) is 7.30. The van der Waals surface area contributed by atoms with Crippen LogP contribution in [0, 0.1) is 0 Å². The predicted molar refractivity (Wildman–Crippen MR) is 95.0 cm³/mol. The van der Waals surface area contributed by atoms with Gasteiger partial charge in [0.25, 0.3) is 11.5 Å². The van der Waals surface area contributed by atoms with Crippen LogP contribution in [0.1, 0.15) is 34.9 Å². The van der Waals surface area contributed by atoms with E-state index in [0.29, 0.717) is 17.3 Å². The fourth-order valence-corrected chi connectivity index (χ4v) is 3.65. The Kier molecular flexibility index (Phi) is 4.50. The topological polar surface area (TPSA) is 90.3 Å². The molecule has 2 aromatic rings. The lowest BCUT2D eigenvalue weighted by Gasteiger charge is -2.18. The summed E-state index contributed by atoms with van der Waals surface area (Å²) < 4.78 is 6.90. The molecule has 134 valence electrons. The summed E-state index contributed by atoms with van der Waals surface area (Å²) in [5.41, 5.74) is -0.0282. The molecule has 0 radical (unpaired) electrons. The molecule has 1 aromatic carbocycles. The van der Waals surface area contributed by atoms with Crippen molar-refractivity contribution in [1.29, 1.82) is 0 Å². The third-order valence-corrected chi connectivity index (χ3v) is 5.24. The van der Waals surface area contributed by atoms with Crippen molar-refractivity contribution in [2.45, 2.75) is 36.7 Å². The molecule has 1 fully saturated rings. The van der Waals surface area contributed by atoms with Gasteiger partial charge in [0.15, 0.2) is 5.16 Å². The van der Waals surface area contributed by atoms with Crippen LogP contribution in [-0.4, -0.2) is 33.2 Å². The molecule has 0 spiro atoms. The largest absolute Gasteiger partial charge is 0.443 e. The predicted octanol–water partition coefficient (Wildman–Crippen LogP) is 1.53. The maximum atomic E-state index is 12.6. The van der Waals surface area contributed by atoms with E-state index >= 15 is 0 Å². The molecule has 2 heterocycles. The number of benzene rings is 1. The molecule has 26 heavy (non-hydrogen) atoms. The first-order valence-corrected chi connectivity index (χ1v) is 9.41. The van der Waals surface area contributed by atoms with Gasteiger partial charge < -0.3 is 10.1 Å². The van der Waals surface area contributed by atoms with E-state index in [1.165, 1.54) is 22.5 Å². The lowest BCUT2D eigenvalue weighted by Crippen LogP contribution is -2.35. The molecule has 1 amide bonds. The van der Waals surface area contributed by atoms with E-state index in [0.717, 1.165) is 18.6 Å². The van der Waals surface area contributed by atoms with E-state index in [-0.39, 0.29) is 17.5 Å². The normalized spacial score (nSPS) is 16.6. The van der Waals surface area contributed by atoms with Crippen LogP contribution in [-0.2, 0) is 16.1 Å². The third-order valence-electron chi connectivity index (χ3n) is 4.27. The van der Waals surface area contributed by atoms with Crippen LogP contribution in [0.3, 0.4) is 0 Å². The zero-order valence-electron chi connectivity index (χ0n) is 13.9. The molecule has 1 atom stereocenters. The minimum Gasteiger partial charge on any atom is -0.443 e. The molecule has 0 unspecified atom stereocenters. The molecule has 0 saturated heterocycles. The molecule has 1 aliphatic heterocycles. The minimum absolute atomic E-state index is 0.136. The van der Waals surface area contributed by atoms with Crippen molar-refractivity contribution in [3.05, 3.63) is 58.0 Å². The lowest BCUT2D eigenvalue weighted by atomic mass is 10.1. The monoisotopic (exact) mass is 371 g/mol. The van der Waals surface area contributed by atoms with Gasteiger partial charge in [0, 0.05) is 23.9 Å². The number of thioether (sulfide) groups is 1. The number of amides is 1. The maximum absolute atomic E-state index is 12.6. The zero-order valence-corrected chi connectivity index (χ0v) is 14.7. The number of hydrogen-bond donors (Lipinski definition) is 1. The Balaban J connectivity index is 1.60. The van der Waals surface area contributed by atoms with Crippen LogP contribution < -0.4 is 10.9 Å². The van der Waals surface area contributed by atoms with Gasteiger partial charge in [-0.2, -0.15) is 0 Å². The number of hydrogen-bond acceptors (Lipinski definition) is 6. The van der Waals surface area contributed by atoms with Gasteiger partial charge in [0.05, 0.1) is 6.20 Å². The maximum Gasteiger partial charge on any atom is 0.346 e. The van der Waals surface area contributed by atoms with Gasteiger partial charge >= 0.3 is 5.97 Å². The van der Waals surface area contributed by atoms with Crippen LogP contribution >= 0.6 is 11.8 Å². The molecule has 2 aliphatic rings. The van der Waals surface area contributed by atoms with E-state index < -0.39 is 17.6 Å². The van der Waals surface area contributed by atoms with Gasteiger partial charge in [-0.1, -0.05) is 42.1 Å². The SMILES string of the molecule is O=C(O[C@@H](C(=O)NC1CC1)c1ccccc1)c1cnc2n(c1=O)CCS2. The van der Waals surface area contributed by atoms with E-state index in [4.69, 9.17) is 4.74 Å². The quantitative estimate of drug-likeness (QED) is 0.633. The van der Waals surface area contributed by atoms with Crippen LogP contribution in [0.2, 0.25) is 0 Å². The molecule has 1 aliphatic carbocycles. The average molecular weight is 371 g/mol. The summed E-state index contributed by atoms with van der Waals surface area (Å²) in [6.45, 7) is 0.511. The highest BCUT2D eigenvalue weighted by atomic mass is 32.2. The van der Waals surface area contributed by atoms with Gasteiger partial charge in [-0.25, -0.2) is 9.78 Å². The van der Waals surface area contributed by atoms with Crippen LogP contribution in [0.15, 0.2) is 46.5 Å². The van der Waals surface area contributed by atoms with E-state index in [2.05, 4.69) is 10.3 Å². The summed E-state index contributed by atoms with van der Waals surface area (Å²) in [5.74, 6) is -0.469. The van der Waals surface area contributed by atoms with Gasteiger partial charge in [-0.3, -0.25) is 14.2 Å². The first-order chi connectivity index (χ1) is 12.6. The molecule has 7 nitrogen and oxygen atoms in total. The van der Waals surface area contributed by atoms with Crippen molar-refractivity contribution in [3.8, 4) is 0 Å². The highest BCUT2D eigenvalue weighted by Gasteiger charge is 2.32. The third kappa shape index (κ3) is 3.37. The standard InChI is InChI=1S/C18H17N3O4S/c22-15(20-12-6-7-12)14(11-4-2-1-3-5-11)25-17(24)13-10-19-18-21(16(13)23)8-9-26-18/h1-5,10,12,14H,6-9H2,(H,20,22)/t14-/m1/s1. The Bertz CT molecular complexity index is 908. The number of nitrogens with one attached hydrogen (secondary N) is 1. The lowest BCUT2D eigenvalue weighted by molar-refractivity contribution is -0.130. The summed E-state index contributed by atoms with van der Waals surface area (Å²) >= 11 is 1.47. The van der Waals surface area contributed by atoms with Gasteiger partial charge in [0.1, 0.15) is 5.56 Å². The number of rotatable bonds is 5. The zero-order chi connectivity index (χ0) is 18.1. The molecule has 1 N–H and O–H groups in total. The van der Waals surface area contributed by atoms with Crippen molar-refractivity contribution in [1.82, 2.24) is 14.9 Å². The minimum atomic E-state index is -1.10. The summed E-state index contributed by atoms with van der Waals surface area (Å²) in [4.78, 5) is 41.8. The summed E-state index contributed by atoms with van der Waals surface area (Å²) in [5, 5.41) is 3.44. The van der Waals surface area contributed by atoms with Crippen molar-refractivity contribution < 1.29 is 14.3 Å². The van der Waals surface area contributed by atoms with Crippen molar-refractivity contribution in [2.24, 2.45) is 0 Å². The average Bonchev–Trinajstić information content (AvgIpc) is 3.32. The second kappa shape index (κ2) is 6.95. The molecule has 8 heteroatoms. The van der Waals surface area contributed by atoms with E-state index in [1.54, 1.807) is 24.3 Å². The highest BCUT2D eigenvalue weighted by molar-refractivity contribution is 7.99. The number of carbonyl (C=O) groups is 2. The Morgan fingerprint density at radius 2 is 2.04 bits per heavy atom. The number of esters is 1. The van der Waals surface area contributed by atoms with Crippen LogP contribution in [0.25, 0.3) is 0 Å². The molecular weight excluding hydrogens is 354 g/mol. The first kappa shape index (κ1) is 16.8. The van der Waals surface area contributed by atoms with Gasteiger partial charge in [0.2, 0.25) is 6.10 Å². The Hall–Kier alpha value is -2.61. The number of carbonyl (C=O) groups excluding carboxylic acids is 2. The Morgan fingerprint density at radius 1 is 1.27 bits per heavy atom. The Morgan fingerprint density at radius 3 is 2.77 bits per heavy atom. The Labute approximate surface area is 153 Å². The summed E-state index contributed by atoms with van der Waals surface area (Å²) in [6.07, 6.45) is 1.98. The summed E-state index contributed by atoms with van der Waals surface area (Å²) in [7, 11) is 0. The molecule has 0 bridgehead atoms. The highest BCUT2D eigenvalue weighted by Crippen LogP contribution is 2.24.